The van der Waals surface area contributed by atoms with Crippen LogP contribution in [0.2, 0.25) is 0 Å². The number of nitrogens with zero attached hydrogens (tertiary/aromatic N) is 3. The van der Waals surface area contributed by atoms with Gasteiger partial charge in [0.25, 0.3) is 0 Å². The van der Waals surface area contributed by atoms with Gasteiger partial charge in [-0.2, -0.15) is 4.31 Å². The molecule has 35 heavy (non-hydrogen) atoms. The summed E-state index contributed by atoms with van der Waals surface area (Å²) in [6.07, 6.45) is 5.37. The van der Waals surface area contributed by atoms with Crippen molar-refractivity contribution in [2.45, 2.75) is 23.7 Å². The van der Waals surface area contributed by atoms with Crippen LogP contribution in [0.1, 0.15) is 29.9 Å². The standard InChI is InChI=1S/C27H31N5O2S/c1-31(2)21-11-9-20(10-12-21)24(25-19-28-26-8-4-3-7-23(25)26)18-30-27-14-13-22(17-29-27)35(33,34)32-15-5-6-16-32/h3-4,7-14,17,19,24,28H,5-6,15-16,18H2,1-2H3,(H,29,30)/t24-/m0/s1. The Morgan fingerprint density at radius 1 is 1.03 bits per heavy atom. The lowest BCUT2D eigenvalue weighted by Crippen LogP contribution is -2.28. The van der Waals surface area contributed by atoms with Crippen molar-refractivity contribution in [2.75, 3.05) is 43.9 Å². The Morgan fingerprint density at radius 2 is 1.77 bits per heavy atom. The minimum Gasteiger partial charge on any atom is -0.378 e. The highest BCUT2D eigenvalue weighted by atomic mass is 32.2. The molecule has 3 heterocycles. The van der Waals surface area contributed by atoms with Crippen molar-refractivity contribution in [1.29, 1.82) is 0 Å². The van der Waals surface area contributed by atoms with Gasteiger partial charge in [0.2, 0.25) is 10.0 Å². The molecule has 2 aromatic heterocycles. The predicted molar refractivity (Wildman–Crippen MR) is 142 cm³/mol. The molecular formula is C27H31N5O2S. The summed E-state index contributed by atoms with van der Waals surface area (Å²) in [5.41, 5.74) is 4.66. The zero-order valence-corrected chi connectivity index (χ0v) is 20.9. The second-order valence-electron chi connectivity index (χ2n) is 9.20. The minimum atomic E-state index is -3.47. The van der Waals surface area contributed by atoms with Gasteiger partial charge in [-0.1, -0.05) is 30.3 Å². The molecule has 5 rings (SSSR count). The van der Waals surface area contributed by atoms with Crippen molar-refractivity contribution in [2.24, 2.45) is 0 Å². The fraction of sp³-hybridized carbons (Fsp3) is 0.296. The molecule has 0 saturated carbocycles. The van der Waals surface area contributed by atoms with Crippen molar-refractivity contribution in [3.05, 3.63) is 84.2 Å². The fourth-order valence-electron chi connectivity index (χ4n) is 4.72. The van der Waals surface area contributed by atoms with E-state index in [0.717, 1.165) is 24.0 Å². The number of pyridine rings is 1. The van der Waals surface area contributed by atoms with Crippen molar-refractivity contribution >= 4 is 32.4 Å². The minimum absolute atomic E-state index is 0.0807. The summed E-state index contributed by atoms with van der Waals surface area (Å²) in [6, 6.07) is 20.3. The third-order valence-electron chi connectivity index (χ3n) is 6.73. The van der Waals surface area contributed by atoms with Crippen LogP contribution in [0.15, 0.2) is 78.0 Å². The lowest BCUT2D eigenvalue weighted by Gasteiger charge is -2.20. The van der Waals surface area contributed by atoms with Crippen LogP contribution in [0.3, 0.4) is 0 Å². The van der Waals surface area contributed by atoms with E-state index in [0.29, 0.717) is 25.5 Å². The average Bonchev–Trinajstić information content (AvgIpc) is 3.56. The molecule has 0 unspecified atom stereocenters. The Hall–Kier alpha value is -3.36. The number of benzene rings is 2. The fourth-order valence-corrected chi connectivity index (χ4v) is 6.18. The number of para-hydroxylation sites is 1. The summed E-state index contributed by atoms with van der Waals surface area (Å²) in [4.78, 5) is 10.2. The van der Waals surface area contributed by atoms with Crippen molar-refractivity contribution < 1.29 is 8.42 Å². The molecule has 1 fully saturated rings. The van der Waals surface area contributed by atoms with E-state index in [1.54, 1.807) is 16.4 Å². The maximum Gasteiger partial charge on any atom is 0.244 e. The number of H-pyrrole nitrogens is 1. The van der Waals surface area contributed by atoms with E-state index >= 15 is 0 Å². The summed E-state index contributed by atoms with van der Waals surface area (Å²) in [5.74, 6) is 0.734. The van der Waals surface area contributed by atoms with E-state index < -0.39 is 10.0 Å². The monoisotopic (exact) mass is 489 g/mol. The molecule has 0 spiro atoms. The molecule has 1 aliphatic rings. The smallest absolute Gasteiger partial charge is 0.244 e. The summed E-state index contributed by atoms with van der Waals surface area (Å²) in [6.45, 7) is 1.79. The van der Waals surface area contributed by atoms with E-state index in [1.165, 1.54) is 22.7 Å². The van der Waals surface area contributed by atoms with Crippen LogP contribution in [0.25, 0.3) is 10.9 Å². The first-order valence-corrected chi connectivity index (χ1v) is 13.4. The molecule has 1 atom stereocenters. The van der Waals surface area contributed by atoms with Crippen LogP contribution in [-0.2, 0) is 10.0 Å². The van der Waals surface area contributed by atoms with E-state index in [-0.39, 0.29) is 10.8 Å². The molecule has 0 aliphatic carbocycles. The van der Waals surface area contributed by atoms with Crippen LogP contribution in [-0.4, -0.2) is 56.4 Å². The van der Waals surface area contributed by atoms with Gasteiger partial charge in [0.15, 0.2) is 0 Å². The second kappa shape index (κ2) is 9.71. The van der Waals surface area contributed by atoms with Gasteiger partial charge < -0.3 is 15.2 Å². The van der Waals surface area contributed by atoms with E-state index in [9.17, 15) is 8.42 Å². The number of sulfonamides is 1. The van der Waals surface area contributed by atoms with E-state index in [4.69, 9.17) is 0 Å². The van der Waals surface area contributed by atoms with E-state index in [1.807, 2.05) is 20.2 Å². The first kappa shape index (κ1) is 23.4. The summed E-state index contributed by atoms with van der Waals surface area (Å²) in [5, 5.41) is 4.63. The number of aromatic nitrogens is 2. The van der Waals surface area contributed by atoms with Gasteiger partial charge in [-0.3, -0.25) is 0 Å². The number of nitrogens with one attached hydrogen (secondary N) is 2. The van der Waals surface area contributed by atoms with Crippen molar-refractivity contribution in [3.8, 4) is 0 Å². The third kappa shape index (κ3) is 4.76. The molecule has 0 radical (unpaired) electrons. The number of hydrogen-bond acceptors (Lipinski definition) is 5. The van der Waals surface area contributed by atoms with Crippen LogP contribution in [0.4, 0.5) is 11.5 Å². The molecule has 2 N–H and O–H groups in total. The lowest BCUT2D eigenvalue weighted by atomic mass is 9.90. The topological polar surface area (TPSA) is 81.3 Å². The molecule has 2 aromatic carbocycles. The summed E-state index contributed by atoms with van der Waals surface area (Å²) < 4.78 is 27.2. The predicted octanol–water partition coefficient (Wildman–Crippen LogP) is 4.66. The van der Waals surface area contributed by atoms with Gasteiger partial charge in [0.1, 0.15) is 10.7 Å². The average molecular weight is 490 g/mol. The zero-order chi connectivity index (χ0) is 24.4. The normalized spacial score (nSPS) is 15.4. The maximum atomic E-state index is 12.8. The lowest BCUT2D eigenvalue weighted by molar-refractivity contribution is 0.477. The molecule has 1 saturated heterocycles. The molecular weight excluding hydrogens is 458 g/mol. The van der Waals surface area contributed by atoms with Gasteiger partial charge in [-0.25, -0.2) is 13.4 Å². The number of aromatic amines is 1. The Kier molecular flexibility index (Phi) is 6.49. The number of rotatable bonds is 8. The van der Waals surface area contributed by atoms with Crippen LogP contribution < -0.4 is 10.2 Å². The van der Waals surface area contributed by atoms with Crippen LogP contribution >= 0.6 is 0 Å². The van der Waals surface area contributed by atoms with Crippen LogP contribution in [0, 0.1) is 0 Å². The summed E-state index contributed by atoms with van der Waals surface area (Å²) >= 11 is 0. The van der Waals surface area contributed by atoms with Gasteiger partial charge in [-0.05, 0) is 54.3 Å². The van der Waals surface area contributed by atoms with Crippen LogP contribution in [0.5, 0.6) is 0 Å². The highest BCUT2D eigenvalue weighted by Crippen LogP contribution is 2.32. The van der Waals surface area contributed by atoms with Gasteiger partial charge in [0.05, 0.1) is 0 Å². The van der Waals surface area contributed by atoms with Crippen molar-refractivity contribution in [3.63, 3.8) is 0 Å². The number of hydrogen-bond donors (Lipinski definition) is 2. The molecule has 1 aliphatic heterocycles. The molecule has 0 bridgehead atoms. The molecule has 182 valence electrons. The maximum absolute atomic E-state index is 12.8. The Labute approximate surface area is 206 Å². The number of fused-ring (bicyclic) bond motifs is 1. The molecule has 7 nitrogen and oxygen atoms in total. The second-order valence-corrected chi connectivity index (χ2v) is 11.1. The van der Waals surface area contributed by atoms with Gasteiger partial charge in [-0.15, -0.1) is 0 Å². The first-order chi connectivity index (χ1) is 16.9. The van der Waals surface area contributed by atoms with Gasteiger partial charge >= 0.3 is 0 Å². The zero-order valence-electron chi connectivity index (χ0n) is 20.1. The Morgan fingerprint density at radius 3 is 2.46 bits per heavy atom. The highest BCUT2D eigenvalue weighted by Gasteiger charge is 2.27. The molecule has 4 aromatic rings. The summed E-state index contributed by atoms with van der Waals surface area (Å²) in [7, 11) is 0.604. The largest absolute Gasteiger partial charge is 0.378 e. The molecule has 8 heteroatoms. The van der Waals surface area contributed by atoms with Gasteiger partial charge in [0, 0.05) is 68.6 Å². The Balaban J connectivity index is 1.40. The highest BCUT2D eigenvalue weighted by molar-refractivity contribution is 7.89. The third-order valence-corrected chi connectivity index (χ3v) is 8.62. The molecule has 0 amide bonds. The SMILES string of the molecule is CN(C)c1ccc([C@H](CNc2ccc(S(=O)(=O)N3CCCC3)cn2)c2c[nH]c3ccccc23)cc1. The first-order valence-electron chi connectivity index (χ1n) is 12.0. The quantitative estimate of drug-likeness (QED) is 0.376. The van der Waals surface area contributed by atoms with E-state index in [2.05, 4.69) is 68.8 Å². The number of anilines is 2. The van der Waals surface area contributed by atoms with Crippen molar-refractivity contribution in [1.82, 2.24) is 14.3 Å². The Bertz CT molecular complexity index is 1390.